The highest BCUT2D eigenvalue weighted by molar-refractivity contribution is 9.10. The summed E-state index contributed by atoms with van der Waals surface area (Å²) in [5.74, 6) is 0. The van der Waals surface area contributed by atoms with Gasteiger partial charge in [-0.2, -0.15) is 5.26 Å². The van der Waals surface area contributed by atoms with E-state index in [2.05, 4.69) is 53.3 Å². The molecule has 0 amide bonds. The molecule has 0 fully saturated rings. The largest absolute Gasteiger partial charge is 0.378 e. The van der Waals surface area contributed by atoms with Crippen molar-refractivity contribution in [2.24, 2.45) is 0 Å². The summed E-state index contributed by atoms with van der Waals surface area (Å²) in [6, 6.07) is 16.1. The Kier molecular flexibility index (Phi) is 4.24. The van der Waals surface area contributed by atoms with Crippen LogP contribution in [0.3, 0.4) is 0 Å². The van der Waals surface area contributed by atoms with Crippen LogP contribution in [0.2, 0.25) is 0 Å². The van der Waals surface area contributed by atoms with E-state index in [1.54, 1.807) is 0 Å². The molecule has 1 unspecified atom stereocenters. The van der Waals surface area contributed by atoms with Crippen LogP contribution in [0.1, 0.15) is 29.7 Å². The van der Waals surface area contributed by atoms with E-state index in [-0.39, 0.29) is 6.04 Å². The number of rotatable bonds is 3. The highest BCUT2D eigenvalue weighted by Crippen LogP contribution is 2.29. The zero-order valence-electron chi connectivity index (χ0n) is 10.9. The number of aryl methyl sites for hydroxylation is 1. The monoisotopic (exact) mass is 314 g/mol. The van der Waals surface area contributed by atoms with E-state index in [4.69, 9.17) is 5.26 Å². The van der Waals surface area contributed by atoms with Gasteiger partial charge in [0, 0.05) is 16.2 Å². The molecule has 2 aromatic rings. The van der Waals surface area contributed by atoms with E-state index < -0.39 is 0 Å². The fourth-order valence-electron chi connectivity index (χ4n) is 1.92. The van der Waals surface area contributed by atoms with Gasteiger partial charge in [0.05, 0.1) is 11.6 Å². The topological polar surface area (TPSA) is 35.8 Å². The van der Waals surface area contributed by atoms with Crippen molar-refractivity contribution in [1.82, 2.24) is 0 Å². The maximum atomic E-state index is 8.80. The SMILES string of the molecule is Cc1cccc(NC(C)c2ccc(C#N)cc2)c1Br. The van der Waals surface area contributed by atoms with Crippen molar-refractivity contribution in [3.8, 4) is 6.07 Å². The average Bonchev–Trinajstić information content (AvgIpc) is 2.44. The van der Waals surface area contributed by atoms with E-state index in [1.165, 1.54) is 5.56 Å². The van der Waals surface area contributed by atoms with Gasteiger partial charge in [-0.15, -0.1) is 0 Å². The van der Waals surface area contributed by atoms with Crippen molar-refractivity contribution in [1.29, 1.82) is 5.26 Å². The maximum Gasteiger partial charge on any atom is 0.0991 e. The van der Waals surface area contributed by atoms with Crippen LogP contribution in [0.4, 0.5) is 5.69 Å². The molecule has 0 spiro atoms. The van der Waals surface area contributed by atoms with Crippen LogP contribution in [0, 0.1) is 18.3 Å². The molecule has 0 aliphatic heterocycles. The van der Waals surface area contributed by atoms with E-state index in [1.807, 2.05) is 30.3 Å². The standard InChI is InChI=1S/C16H15BrN2/c1-11-4-3-5-15(16(11)17)19-12(2)14-8-6-13(10-18)7-9-14/h3-9,12,19H,1-2H3. The number of nitrogens with one attached hydrogen (secondary N) is 1. The minimum absolute atomic E-state index is 0.186. The summed E-state index contributed by atoms with van der Waals surface area (Å²) in [6.07, 6.45) is 0. The summed E-state index contributed by atoms with van der Waals surface area (Å²) >= 11 is 3.60. The number of nitrogens with zero attached hydrogens (tertiary/aromatic N) is 1. The third-order valence-corrected chi connectivity index (χ3v) is 4.16. The minimum atomic E-state index is 0.186. The van der Waals surface area contributed by atoms with Gasteiger partial charge in [0.1, 0.15) is 0 Å². The molecule has 0 radical (unpaired) electrons. The summed E-state index contributed by atoms with van der Waals surface area (Å²) in [5.41, 5.74) is 4.13. The summed E-state index contributed by atoms with van der Waals surface area (Å²) in [6.45, 7) is 4.18. The van der Waals surface area contributed by atoms with Crippen molar-refractivity contribution < 1.29 is 0 Å². The van der Waals surface area contributed by atoms with Crippen LogP contribution in [0.15, 0.2) is 46.9 Å². The first-order valence-electron chi connectivity index (χ1n) is 6.13. The zero-order valence-corrected chi connectivity index (χ0v) is 12.5. The van der Waals surface area contributed by atoms with Crippen molar-refractivity contribution in [2.75, 3.05) is 5.32 Å². The first kappa shape index (κ1) is 13.6. The lowest BCUT2D eigenvalue weighted by Crippen LogP contribution is -2.07. The van der Waals surface area contributed by atoms with Gasteiger partial charge in [-0.05, 0) is 59.1 Å². The van der Waals surface area contributed by atoms with E-state index >= 15 is 0 Å². The molecular weight excluding hydrogens is 300 g/mol. The van der Waals surface area contributed by atoms with Crippen LogP contribution < -0.4 is 5.32 Å². The van der Waals surface area contributed by atoms with E-state index in [0.29, 0.717) is 5.56 Å². The van der Waals surface area contributed by atoms with Gasteiger partial charge >= 0.3 is 0 Å². The van der Waals surface area contributed by atoms with Crippen molar-refractivity contribution >= 4 is 21.6 Å². The predicted molar refractivity (Wildman–Crippen MR) is 82.1 cm³/mol. The Morgan fingerprint density at radius 1 is 1.16 bits per heavy atom. The number of anilines is 1. The maximum absolute atomic E-state index is 8.80. The molecule has 2 aromatic carbocycles. The highest BCUT2D eigenvalue weighted by atomic mass is 79.9. The molecule has 0 bridgehead atoms. The van der Waals surface area contributed by atoms with Gasteiger partial charge in [-0.3, -0.25) is 0 Å². The molecule has 0 saturated heterocycles. The number of halogens is 1. The quantitative estimate of drug-likeness (QED) is 0.883. The summed E-state index contributed by atoms with van der Waals surface area (Å²) < 4.78 is 1.09. The van der Waals surface area contributed by atoms with Crippen LogP contribution in [-0.2, 0) is 0 Å². The number of benzene rings is 2. The van der Waals surface area contributed by atoms with Crippen LogP contribution in [-0.4, -0.2) is 0 Å². The summed E-state index contributed by atoms with van der Waals surface area (Å²) in [7, 11) is 0. The Labute approximate surface area is 122 Å². The summed E-state index contributed by atoms with van der Waals surface area (Å²) in [4.78, 5) is 0. The number of hydrogen-bond acceptors (Lipinski definition) is 2. The Morgan fingerprint density at radius 3 is 2.47 bits per heavy atom. The van der Waals surface area contributed by atoms with Crippen LogP contribution in [0.5, 0.6) is 0 Å². The third kappa shape index (κ3) is 3.15. The molecule has 1 N–H and O–H groups in total. The van der Waals surface area contributed by atoms with Crippen LogP contribution in [0.25, 0.3) is 0 Å². The lowest BCUT2D eigenvalue weighted by atomic mass is 10.1. The number of nitriles is 1. The molecule has 0 aliphatic rings. The fraction of sp³-hybridized carbons (Fsp3) is 0.188. The van der Waals surface area contributed by atoms with Gasteiger partial charge in [0.2, 0.25) is 0 Å². The predicted octanol–water partition coefficient (Wildman–Crippen LogP) is 4.80. The molecule has 19 heavy (non-hydrogen) atoms. The average molecular weight is 315 g/mol. The van der Waals surface area contributed by atoms with E-state index in [9.17, 15) is 0 Å². The van der Waals surface area contributed by atoms with Crippen LogP contribution >= 0.6 is 15.9 Å². The second-order valence-corrected chi connectivity index (χ2v) is 5.33. The zero-order chi connectivity index (χ0) is 13.8. The van der Waals surface area contributed by atoms with Gasteiger partial charge in [-0.1, -0.05) is 24.3 Å². The normalized spacial score (nSPS) is 11.7. The third-order valence-electron chi connectivity index (χ3n) is 3.10. The molecule has 2 nitrogen and oxygen atoms in total. The van der Waals surface area contributed by atoms with Crippen molar-refractivity contribution in [2.45, 2.75) is 19.9 Å². The van der Waals surface area contributed by atoms with Crippen molar-refractivity contribution in [3.63, 3.8) is 0 Å². The molecular formula is C16H15BrN2. The second-order valence-electron chi connectivity index (χ2n) is 4.54. The van der Waals surface area contributed by atoms with Gasteiger partial charge in [0.15, 0.2) is 0 Å². The molecule has 1 atom stereocenters. The first-order valence-corrected chi connectivity index (χ1v) is 6.93. The lowest BCUT2D eigenvalue weighted by Gasteiger charge is -2.17. The molecule has 0 heterocycles. The minimum Gasteiger partial charge on any atom is -0.378 e. The number of hydrogen-bond donors (Lipinski definition) is 1. The Morgan fingerprint density at radius 2 is 1.84 bits per heavy atom. The summed E-state index contributed by atoms with van der Waals surface area (Å²) in [5, 5.41) is 12.3. The smallest absolute Gasteiger partial charge is 0.0991 e. The lowest BCUT2D eigenvalue weighted by molar-refractivity contribution is 0.883. The Bertz CT molecular complexity index is 612. The van der Waals surface area contributed by atoms with Crippen molar-refractivity contribution in [3.05, 3.63) is 63.6 Å². The van der Waals surface area contributed by atoms with Gasteiger partial charge < -0.3 is 5.32 Å². The second kappa shape index (κ2) is 5.90. The first-order chi connectivity index (χ1) is 9.11. The van der Waals surface area contributed by atoms with E-state index in [0.717, 1.165) is 15.7 Å². The molecule has 0 aliphatic carbocycles. The molecule has 3 heteroatoms. The van der Waals surface area contributed by atoms with Gasteiger partial charge in [0.25, 0.3) is 0 Å². The Hall–Kier alpha value is -1.79. The molecule has 96 valence electrons. The van der Waals surface area contributed by atoms with Gasteiger partial charge in [-0.25, -0.2) is 0 Å². The molecule has 2 rings (SSSR count). The Balaban J connectivity index is 2.18. The highest BCUT2D eigenvalue weighted by Gasteiger charge is 2.08. The molecule has 0 aromatic heterocycles. The fourth-order valence-corrected chi connectivity index (χ4v) is 2.30. The molecule has 0 saturated carbocycles.